The molecule has 0 aliphatic heterocycles. The van der Waals surface area contributed by atoms with Crippen LogP contribution >= 0.6 is 0 Å². The molecule has 0 saturated carbocycles. The zero-order chi connectivity index (χ0) is 18.4. The molecule has 0 spiro atoms. The molecule has 0 aliphatic carbocycles. The fourth-order valence-corrected chi connectivity index (χ4v) is 2.62. The lowest BCUT2D eigenvalue weighted by atomic mass is 9.97. The van der Waals surface area contributed by atoms with Crippen LogP contribution < -0.4 is 4.74 Å². The molecule has 0 N–H and O–H groups in total. The second-order valence-corrected chi connectivity index (χ2v) is 6.14. The Morgan fingerprint density at radius 3 is 2.00 bits per heavy atom. The third-order valence-corrected chi connectivity index (χ3v) is 3.79. The Kier molecular flexibility index (Phi) is 5.49. The van der Waals surface area contributed by atoms with E-state index >= 15 is 0 Å². The SMILES string of the molecule is CN(C)C=C(C(=O)c1cccc(Oc2ccccc2)c1)c1ccccc1. The highest BCUT2D eigenvalue weighted by molar-refractivity contribution is 6.28. The molecule has 3 heteroatoms. The van der Waals surface area contributed by atoms with Gasteiger partial charge in [-0.3, -0.25) is 4.79 Å². The van der Waals surface area contributed by atoms with Crippen LogP contribution in [0, 0.1) is 0 Å². The number of rotatable bonds is 6. The van der Waals surface area contributed by atoms with Gasteiger partial charge in [-0.05, 0) is 29.8 Å². The molecule has 0 aliphatic rings. The molecule has 3 aromatic rings. The van der Waals surface area contributed by atoms with Crippen LogP contribution in [-0.4, -0.2) is 24.8 Å². The van der Waals surface area contributed by atoms with Gasteiger partial charge in [0.2, 0.25) is 0 Å². The van der Waals surface area contributed by atoms with Gasteiger partial charge in [0.05, 0.1) is 0 Å². The molecule has 0 aromatic heterocycles. The number of nitrogens with zero attached hydrogens (tertiary/aromatic N) is 1. The number of carbonyl (C=O) groups is 1. The Bertz CT molecular complexity index is 900. The molecule has 0 saturated heterocycles. The van der Waals surface area contributed by atoms with E-state index in [-0.39, 0.29) is 5.78 Å². The summed E-state index contributed by atoms with van der Waals surface area (Å²) in [5.74, 6) is 1.34. The van der Waals surface area contributed by atoms with Crippen LogP contribution in [0.5, 0.6) is 11.5 Å². The van der Waals surface area contributed by atoms with Crippen molar-refractivity contribution in [2.24, 2.45) is 0 Å². The number of ether oxygens (including phenoxy) is 1. The molecule has 0 fully saturated rings. The van der Waals surface area contributed by atoms with E-state index in [1.165, 1.54) is 0 Å². The minimum Gasteiger partial charge on any atom is -0.457 e. The molecular formula is C23H21NO2. The third kappa shape index (κ3) is 4.39. The fourth-order valence-electron chi connectivity index (χ4n) is 2.62. The Hall–Kier alpha value is -3.33. The number of hydrogen-bond donors (Lipinski definition) is 0. The molecule has 0 heterocycles. The maximum absolute atomic E-state index is 13.1. The van der Waals surface area contributed by atoms with E-state index in [1.807, 2.05) is 104 Å². The normalized spacial score (nSPS) is 11.1. The van der Waals surface area contributed by atoms with Crippen LogP contribution in [0.4, 0.5) is 0 Å². The van der Waals surface area contributed by atoms with Gasteiger partial charge < -0.3 is 9.64 Å². The molecule has 130 valence electrons. The van der Waals surface area contributed by atoms with Crippen LogP contribution in [0.1, 0.15) is 15.9 Å². The van der Waals surface area contributed by atoms with E-state index in [1.54, 1.807) is 6.07 Å². The number of carbonyl (C=O) groups excluding carboxylic acids is 1. The summed E-state index contributed by atoms with van der Waals surface area (Å²) in [6.45, 7) is 0. The van der Waals surface area contributed by atoms with Crippen molar-refractivity contribution < 1.29 is 9.53 Å². The third-order valence-electron chi connectivity index (χ3n) is 3.79. The first-order valence-electron chi connectivity index (χ1n) is 8.45. The molecule has 0 bridgehead atoms. The van der Waals surface area contributed by atoms with Gasteiger partial charge >= 0.3 is 0 Å². The van der Waals surface area contributed by atoms with Gasteiger partial charge in [-0.25, -0.2) is 0 Å². The highest BCUT2D eigenvalue weighted by Gasteiger charge is 2.15. The largest absolute Gasteiger partial charge is 0.457 e. The molecule has 0 unspecified atom stereocenters. The summed E-state index contributed by atoms with van der Waals surface area (Å²) in [6.07, 6.45) is 1.85. The number of para-hydroxylation sites is 1. The first kappa shape index (κ1) is 17.5. The average Bonchev–Trinajstić information content (AvgIpc) is 2.67. The lowest BCUT2D eigenvalue weighted by Gasteiger charge is -2.13. The van der Waals surface area contributed by atoms with Gasteiger partial charge in [-0.2, -0.15) is 0 Å². The molecule has 0 amide bonds. The zero-order valence-electron chi connectivity index (χ0n) is 14.9. The van der Waals surface area contributed by atoms with Gasteiger partial charge in [0.15, 0.2) is 5.78 Å². The minimum absolute atomic E-state index is 0.0385. The Balaban J connectivity index is 1.91. The van der Waals surface area contributed by atoms with Crippen molar-refractivity contribution in [3.05, 3.63) is 102 Å². The lowest BCUT2D eigenvalue weighted by Crippen LogP contribution is -2.09. The van der Waals surface area contributed by atoms with E-state index in [9.17, 15) is 4.79 Å². The minimum atomic E-state index is -0.0385. The van der Waals surface area contributed by atoms with E-state index in [0.717, 1.165) is 11.3 Å². The maximum Gasteiger partial charge on any atom is 0.195 e. The van der Waals surface area contributed by atoms with Crippen molar-refractivity contribution in [3.8, 4) is 11.5 Å². The zero-order valence-corrected chi connectivity index (χ0v) is 14.9. The van der Waals surface area contributed by atoms with E-state index in [2.05, 4.69) is 0 Å². The summed E-state index contributed by atoms with van der Waals surface area (Å²) in [4.78, 5) is 15.0. The van der Waals surface area contributed by atoms with Crippen molar-refractivity contribution in [2.45, 2.75) is 0 Å². The second-order valence-electron chi connectivity index (χ2n) is 6.14. The first-order valence-corrected chi connectivity index (χ1v) is 8.45. The molecular weight excluding hydrogens is 322 g/mol. The number of allylic oxidation sites excluding steroid dienone is 1. The summed E-state index contributed by atoms with van der Waals surface area (Å²) in [5.41, 5.74) is 2.13. The summed E-state index contributed by atoms with van der Waals surface area (Å²) < 4.78 is 5.85. The molecule has 0 radical (unpaired) electrons. The standard InChI is InChI=1S/C23H21NO2/c1-24(2)17-22(18-10-5-3-6-11-18)23(25)19-12-9-15-21(16-19)26-20-13-7-4-8-14-20/h3-17H,1-2H3. The van der Waals surface area contributed by atoms with Crippen LogP contribution in [0.2, 0.25) is 0 Å². The Labute approximate surface area is 154 Å². The van der Waals surface area contributed by atoms with Crippen LogP contribution in [0.15, 0.2) is 91.1 Å². The first-order chi connectivity index (χ1) is 12.6. The van der Waals surface area contributed by atoms with Crippen molar-refractivity contribution >= 4 is 11.4 Å². The van der Waals surface area contributed by atoms with Crippen LogP contribution in [0.3, 0.4) is 0 Å². The van der Waals surface area contributed by atoms with Gasteiger partial charge in [-0.15, -0.1) is 0 Å². The van der Waals surface area contributed by atoms with Crippen LogP contribution in [-0.2, 0) is 0 Å². The van der Waals surface area contributed by atoms with Gasteiger partial charge in [0, 0.05) is 31.4 Å². The quantitative estimate of drug-likeness (QED) is 0.451. The van der Waals surface area contributed by atoms with Gasteiger partial charge in [0.1, 0.15) is 11.5 Å². The Morgan fingerprint density at radius 1 is 0.769 bits per heavy atom. The topological polar surface area (TPSA) is 29.5 Å². The van der Waals surface area contributed by atoms with E-state index in [4.69, 9.17) is 4.74 Å². The van der Waals surface area contributed by atoms with Crippen LogP contribution in [0.25, 0.3) is 5.57 Å². The lowest BCUT2D eigenvalue weighted by molar-refractivity contribution is 0.105. The number of Topliss-reactive ketones (excluding diaryl/α,β-unsaturated/α-hetero) is 1. The summed E-state index contributed by atoms with van der Waals surface area (Å²) >= 11 is 0. The summed E-state index contributed by atoms with van der Waals surface area (Å²) in [7, 11) is 3.82. The number of benzene rings is 3. The van der Waals surface area contributed by atoms with E-state index in [0.29, 0.717) is 16.9 Å². The monoisotopic (exact) mass is 343 g/mol. The van der Waals surface area contributed by atoms with Gasteiger partial charge in [0.25, 0.3) is 0 Å². The molecule has 3 rings (SSSR count). The highest BCUT2D eigenvalue weighted by atomic mass is 16.5. The predicted molar refractivity (Wildman–Crippen MR) is 105 cm³/mol. The van der Waals surface area contributed by atoms with Gasteiger partial charge in [-0.1, -0.05) is 60.7 Å². The predicted octanol–water partition coefficient (Wildman–Crippen LogP) is 5.26. The molecule has 3 aromatic carbocycles. The van der Waals surface area contributed by atoms with Crippen molar-refractivity contribution in [2.75, 3.05) is 14.1 Å². The molecule has 3 nitrogen and oxygen atoms in total. The summed E-state index contributed by atoms with van der Waals surface area (Å²) in [5, 5.41) is 0. The smallest absolute Gasteiger partial charge is 0.195 e. The fraction of sp³-hybridized carbons (Fsp3) is 0.0870. The second kappa shape index (κ2) is 8.17. The van der Waals surface area contributed by atoms with Crippen molar-refractivity contribution in [3.63, 3.8) is 0 Å². The number of ketones is 1. The maximum atomic E-state index is 13.1. The highest BCUT2D eigenvalue weighted by Crippen LogP contribution is 2.25. The van der Waals surface area contributed by atoms with E-state index < -0.39 is 0 Å². The van der Waals surface area contributed by atoms with Crippen molar-refractivity contribution in [1.82, 2.24) is 4.90 Å². The molecule has 26 heavy (non-hydrogen) atoms. The average molecular weight is 343 g/mol. The Morgan fingerprint density at radius 2 is 1.35 bits per heavy atom. The summed E-state index contributed by atoms with van der Waals surface area (Å²) in [6, 6.07) is 26.5. The number of hydrogen-bond acceptors (Lipinski definition) is 3. The molecule has 0 atom stereocenters. The van der Waals surface area contributed by atoms with Crippen molar-refractivity contribution in [1.29, 1.82) is 0 Å².